The minimum Gasteiger partial charge on any atom is -0.378 e. The standard InChI is InChI=1S/C8H15NO4S/c1-14(11,12)7-2-8(10)9-3-5-13-6-4-9/h2-7H2,1H3. The molecule has 0 saturated carbocycles. The van der Waals surface area contributed by atoms with Crippen LogP contribution in [0.1, 0.15) is 6.42 Å². The lowest BCUT2D eigenvalue weighted by atomic mass is 10.3. The zero-order valence-corrected chi connectivity index (χ0v) is 9.05. The number of morpholine rings is 1. The van der Waals surface area contributed by atoms with Crippen molar-refractivity contribution in [3.63, 3.8) is 0 Å². The highest BCUT2D eigenvalue weighted by molar-refractivity contribution is 7.90. The molecule has 14 heavy (non-hydrogen) atoms. The number of rotatable bonds is 3. The van der Waals surface area contributed by atoms with Crippen molar-refractivity contribution in [1.29, 1.82) is 0 Å². The molecule has 1 fully saturated rings. The molecule has 0 aromatic rings. The van der Waals surface area contributed by atoms with Crippen molar-refractivity contribution in [3.05, 3.63) is 0 Å². The second-order valence-electron chi connectivity index (χ2n) is 3.37. The van der Waals surface area contributed by atoms with Gasteiger partial charge in [-0.15, -0.1) is 0 Å². The van der Waals surface area contributed by atoms with Crippen molar-refractivity contribution in [2.24, 2.45) is 0 Å². The van der Waals surface area contributed by atoms with Crippen LogP contribution in [0, 0.1) is 0 Å². The van der Waals surface area contributed by atoms with Gasteiger partial charge in [0.25, 0.3) is 0 Å². The van der Waals surface area contributed by atoms with E-state index in [2.05, 4.69) is 0 Å². The molecule has 1 amide bonds. The van der Waals surface area contributed by atoms with E-state index < -0.39 is 9.84 Å². The third kappa shape index (κ3) is 4.06. The highest BCUT2D eigenvalue weighted by Crippen LogP contribution is 2.01. The number of carbonyl (C=O) groups is 1. The van der Waals surface area contributed by atoms with Crippen molar-refractivity contribution < 1.29 is 17.9 Å². The number of hydrogen-bond donors (Lipinski definition) is 0. The van der Waals surface area contributed by atoms with E-state index >= 15 is 0 Å². The molecular weight excluding hydrogens is 206 g/mol. The zero-order chi connectivity index (χ0) is 10.6. The maximum absolute atomic E-state index is 11.5. The second-order valence-corrected chi connectivity index (χ2v) is 5.63. The summed E-state index contributed by atoms with van der Waals surface area (Å²) in [6.45, 7) is 2.24. The van der Waals surface area contributed by atoms with Gasteiger partial charge in [-0.25, -0.2) is 8.42 Å². The second kappa shape index (κ2) is 4.75. The Kier molecular flexibility index (Phi) is 3.88. The smallest absolute Gasteiger partial charge is 0.223 e. The topological polar surface area (TPSA) is 63.7 Å². The average Bonchev–Trinajstić information content (AvgIpc) is 2.14. The normalized spacial score (nSPS) is 18.2. The molecule has 0 atom stereocenters. The van der Waals surface area contributed by atoms with Gasteiger partial charge in [-0.2, -0.15) is 0 Å². The van der Waals surface area contributed by atoms with E-state index in [0.717, 1.165) is 6.26 Å². The predicted octanol–water partition coefficient (Wildman–Crippen LogP) is -0.720. The van der Waals surface area contributed by atoms with E-state index in [1.807, 2.05) is 0 Å². The summed E-state index contributed by atoms with van der Waals surface area (Å²) in [5, 5.41) is 0. The molecule has 0 radical (unpaired) electrons. The van der Waals surface area contributed by atoms with Crippen molar-refractivity contribution in [2.75, 3.05) is 38.3 Å². The highest BCUT2D eigenvalue weighted by atomic mass is 32.2. The molecule has 0 aromatic heterocycles. The molecule has 0 aromatic carbocycles. The van der Waals surface area contributed by atoms with Crippen LogP contribution in [0.5, 0.6) is 0 Å². The summed E-state index contributed by atoms with van der Waals surface area (Å²) in [7, 11) is -3.04. The Bertz CT molecular complexity index is 292. The minimum atomic E-state index is -3.04. The third-order valence-corrected chi connectivity index (χ3v) is 3.00. The summed E-state index contributed by atoms with van der Waals surface area (Å²) in [6.07, 6.45) is 1.22. The molecule has 5 nitrogen and oxygen atoms in total. The fraction of sp³-hybridized carbons (Fsp3) is 0.875. The number of ether oxygens (including phenoxy) is 1. The first-order chi connectivity index (χ1) is 6.49. The number of amides is 1. The van der Waals surface area contributed by atoms with Crippen LogP contribution in [0.25, 0.3) is 0 Å². The quantitative estimate of drug-likeness (QED) is 0.631. The molecule has 1 aliphatic heterocycles. The van der Waals surface area contributed by atoms with Gasteiger partial charge in [0.05, 0.1) is 19.0 Å². The molecule has 1 rings (SSSR count). The molecule has 1 saturated heterocycles. The van der Waals surface area contributed by atoms with Gasteiger partial charge >= 0.3 is 0 Å². The van der Waals surface area contributed by atoms with E-state index in [1.54, 1.807) is 4.90 Å². The lowest BCUT2D eigenvalue weighted by Crippen LogP contribution is -2.41. The van der Waals surface area contributed by atoms with Gasteiger partial charge in [-0.1, -0.05) is 0 Å². The molecule has 6 heteroatoms. The van der Waals surface area contributed by atoms with Crippen molar-refractivity contribution in [1.82, 2.24) is 4.90 Å². The summed E-state index contributed by atoms with van der Waals surface area (Å²) >= 11 is 0. The van der Waals surface area contributed by atoms with Crippen LogP contribution in [0.2, 0.25) is 0 Å². The van der Waals surface area contributed by atoms with E-state index in [4.69, 9.17) is 4.74 Å². The van der Waals surface area contributed by atoms with Crippen LogP contribution in [0.3, 0.4) is 0 Å². The highest BCUT2D eigenvalue weighted by Gasteiger charge is 2.17. The van der Waals surface area contributed by atoms with Gasteiger partial charge in [-0.3, -0.25) is 4.79 Å². The molecular formula is C8H15NO4S. The van der Waals surface area contributed by atoms with E-state index in [1.165, 1.54) is 0 Å². The van der Waals surface area contributed by atoms with Crippen LogP contribution in [0.4, 0.5) is 0 Å². The fourth-order valence-corrected chi connectivity index (χ4v) is 1.79. The Hall–Kier alpha value is -0.620. The molecule has 82 valence electrons. The van der Waals surface area contributed by atoms with Crippen LogP contribution in [0.15, 0.2) is 0 Å². The number of carbonyl (C=O) groups excluding carboxylic acids is 1. The number of sulfone groups is 1. The monoisotopic (exact) mass is 221 g/mol. The third-order valence-electron chi connectivity index (χ3n) is 2.05. The molecule has 1 aliphatic rings. The number of hydrogen-bond acceptors (Lipinski definition) is 4. The Morgan fingerprint density at radius 2 is 1.93 bits per heavy atom. The van der Waals surface area contributed by atoms with Gasteiger partial charge in [0, 0.05) is 25.8 Å². The largest absolute Gasteiger partial charge is 0.378 e. The first kappa shape index (κ1) is 11.5. The Morgan fingerprint density at radius 3 is 2.43 bits per heavy atom. The van der Waals surface area contributed by atoms with Crippen LogP contribution < -0.4 is 0 Å². The Labute approximate surface area is 83.9 Å². The first-order valence-corrected chi connectivity index (χ1v) is 6.58. The summed E-state index contributed by atoms with van der Waals surface area (Å²) in [5.41, 5.74) is 0. The van der Waals surface area contributed by atoms with Gasteiger partial charge < -0.3 is 9.64 Å². The van der Waals surface area contributed by atoms with Gasteiger partial charge in [0.15, 0.2) is 0 Å². The molecule has 0 aliphatic carbocycles. The molecule has 0 spiro atoms. The zero-order valence-electron chi connectivity index (χ0n) is 8.23. The molecule has 0 N–H and O–H groups in total. The lowest BCUT2D eigenvalue weighted by molar-refractivity contribution is -0.134. The first-order valence-electron chi connectivity index (χ1n) is 4.52. The molecule has 1 heterocycles. The van der Waals surface area contributed by atoms with Crippen molar-refractivity contribution >= 4 is 15.7 Å². The SMILES string of the molecule is CS(=O)(=O)CCC(=O)N1CCOCC1. The Balaban J connectivity index is 2.34. The van der Waals surface area contributed by atoms with E-state index in [0.29, 0.717) is 26.3 Å². The predicted molar refractivity (Wildman–Crippen MR) is 51.7 cm³/mol. The summed E-state index contributed by atoms with van der Waals surface area (Å²) in [5.74, 6) is -0.165. The summed E-state index contributed by atoms with van der Waals surface area (Å²) in [6, 6.07) is 0. The fourth-order valence-electron chi connectivity index (χ4n) is 1.24. The van der Waals surface area contributed by atoms with Crippen LogP contribution in [-0.4, -0.2) is 57.5 Å². The van der Waals surface area contributed by atoms with Crippen molar-refractivity contribution in [2.45, 2.75) is 6.42 Å². The van der Waals surface area contributed by atoms with Crippen LogP contribution in [-0.2, 0) is 19.4 Å². The molecule has 0 bridgehead atoms. The maximum atomic E-state index is 11.5. The minimum absolute atomic E-state index is 0.0663. The maximum Gasteiger partial charge on any atom is 0.223 e. The van der Waals surface area contributed by atoms with Gasteiger partial charge in [-0.05, 0) is 0 Å². The van der Waals surface area contributed by atoms with E-state index in [9.17, 15) is 13.2 Å². The average molecular weight is 221 g/mol. The van der Waals surface area contributed by atoms with Crippen molar-refractivity contribution in [3.8, 4) is 0 Å². The van der Waals surface area contributed by atoms with E-state index in [-0.39, 0.29) is 18.1 Å². The van der Waals surface area contributed by atoms with Gasteiger partial charge in [0.2, 0.25) is 5.91 Å². The number of nitrogens with zero attached hydrogens (tertiary/aromatic N) is 1. The Morgan fingerprint density at radius 1 is 1.36 bits per heavy atom. The molecule has 0 unspecified atom stereocenters. The summed E-state index contributed by atoms with van der Waals surface area (Å²) in [4.78, 5) is 13.1. The summed E-state index contributed by atoms with van der Waals surface area (Å²) < 4.78 is 26.7. The lowest BCUT2D eigenvalue weighted by Gasteiger charge is -2.26. The van der Waals surface area contributed by atoms with Crippen LogP contribution >= 0.6 is 0 Å². The van der Waals surface area contributed by atoms with Gasteiger partial charge in [0.1, 0.15) is 9.84 Å².